The van der Waals surface area contributed by atoms with Gasteiger partial charge < -0.3 is 34.4 Å². The molecule has 352 valence electrons. The molecule has 2 aliphatic heterocycles. The van der Waals surface area contributed by atoms with Crippen LogP contribution in [-0.2, 0) is 30.8 Å². The number of rotatable bonds is 12. The first kappa shape index (κ1) is 46.4. The van der Waals surface area contributed by atoms with E-state index in [9.17, 15) is 19.2 Å². The number of carbonyl (C=O) groups excluding carboxylic acids is 4. The molecule has 4 aromatic heterocycles. The zero-order valence-corrected chi connectivity index (χ0v) is 38.8. The number of hydrogen-bond donors (Lipinski definition) is 4. The van der Waals surface area contributed by atoms with Gasteiger partial charge in [-0.05, 0) is 89.4 Å². The van der Waals surface area contributed by atoms with Gasteiger partial charge in [0.25, 0.3) is 17.7 Å². The molecule has 6 aromatic rings. The number of primary amides is 1. The molecule has 1 unspecified atom stereocenters. The van der Waals surface area contributed by atoms with Gasteiger partial charge in [0, 0.05) is 80.8 Å². The van der Waals surface area contributed by atoms with Crippen LogP contribution in [0.2, 0.25) is 0 Å². The Kier molecular flexibility index (Phi) is 14.0. The average molecular weight is 915 g/mol. The molecule has 1 saturated heterocycles. The van der Waals surface area contributed by atoms with Crippen LogP contribution in [-0.4, -0.2) is 114 Å². The molecule has 2 aromatic carbocycles. The van der Waals surface area contributed by atoms with E-state index in [0.717, 1.165) is 31.6 Å². The van der Waals surface area contributed by atoms with E-state index < -0.39 is 11.8 Å². The number of carbonyl (C=O) groups is 4. The van der Waals surface area contributed by atoms with Crippen LogP contribution in [0.1, 0.15) is 99.1 Å². The molecular weight excluding hydrogens is 857 g/mol. The number of imidazole rings is 2. The van der Waals surface area contributed by atoms with E-state index >= 15 is 0 Å². The Morgan fingerprint density at radius 1 is 0.776 bits per heavy atom. The molecule has 19 nitrogen and oxygen atoms in total. The number of hydrogen-bond acceptors (Lipinski definition) is 12. The van der Waals surface area contributed by atoms with E-state index in [1.165, 1.54) is 0 Å². The van der Waals surface area contributed by atoms with Crippen LogP contribution in [0.25, 0.3) is 22.1 Å². The highest BCUT2D eigenvalue weighted by molar-refractivity contribution is 6.06. The first-order valence-electron chi connectivity index (χ1n) is 22.9. The Bertz CT molecular complexity index is 2870. The maximum atomic E-state index is 13.9. The van der Waals surface area contributed by atoms with Gasteiger partial charge in [0.1, 0.15) is 28.2 Å². The van der Waals surface area contributed by atoms with Crippen molar-refractivity contribution in [1.82, 2.24) is 44.1 Å². The molecule has 2 aliphatic rings. The van der Waals surface area contributed by atoms with E-state index in [1.54, 1.807) is 51.8 Å². The second-order valence-electron chi connectivity index (χ2n) is 17.0. The molecule has 0 radical (unpaired) electrons. The van der Waals surface area contributed by atoms with Crippen LogP contribution in [0, 0.1) is 13.8 Å². The molecule has 8 rings (SSSR count). The fourth-order valence-corrected chi connectivity index (χ4v) is 8.74. The largest absolute Gasteiger partial charge is 0.491 e. The van der Waals surface area contributed by atoms with Crippen molar-refractivity contribution in [1.29, 1.82) is 0 Å². The summed E-state index contributed by atoms with van der Waals surface area (Å²) in [6, 6.07) is 10.0. The fourth-order valence-electron chi connectivity index (χ4n) is 8.74. The van der Waals surface area contributed by atoms with Crippen LogP contribution in [0.3, 0.4) is 0 Å². The molecule has 19 heteroatoms. The van der Waals surface area contributed by atoms with Gasteiger partial charge in [0.05, 0.1) is 42.1 Å². The smallest absolute Gasteiger partial charge is 0.276 e. The topological polar surface area (TPSA) is 228 Å². The Balaban J connectivity index is 1.15. The predicted octanol–water partition coefficient (Wildman–Crippen LogP) is 5.43. The summed E-state index contributed by atoms with van der Waals surface area (Å²) in [7, 11) is 0. The van der Waals surface area contributed by atoms with Crippen molar-refractivity contribution in [2.24, 2.45) is 5.73 Å². The quantitative estimate of drug-likeness (QED) is 0.0891. The Hall–Kier alpha value is -7.12. The minimum atomic E-state index is -0.664. The summed E-state index contributed by atoms with van der Waals surface area (Å²) in [4.78, 5) is 70.7. The van der Waals surface area contributed by atoms with E-state index in [4.69, 9.17) is 29.9 Å². The van der Waals surface area contributed by atoms with Gasteiger partial charge in [0.2, 0.25) is 17.8 Å². The number of aryl methyl sites for hydroxylation is 4. The second kappa shape index (κ2) is 20.2. The molecular formula is C48H58N12O7. The number of benzene rings is 2. The fraction of sp³-hybridized carbons (Fsp3) is 0.417. The SMILES string of the molecule is CCc1cnc(C)cc1C(=O)Nc1nc2cc(C(N)=O)cc3c2n1C/C=C/Cn1c(NC(=O)c2cc(C)nn2CC)nc2cc(C(=O)NCCCN4CC(C)O[C@H](C)C4)cc(c21)OCCCO3. The Morgan fingerprint density at radius 3 is 2.00 bits per heavy atom. The lowest BCUT2D eigenvalue weighted by atomic mass is 10.1. The maximum Gasteiger partial charge on any atom is 0.276 e. The highest BCUT2D eigenvalue weighted by Gasteiger charge is 2.25. The Morgan fingerprint density at radius 2 is 1.39 bits per heavy atom. The summed E-state index contributed by atoms with van der Waals surface area (Å²) >= 11 is 0. The van der Waals surface area contributed by atoms with Gasteiger partial charge in [-0.15, -0.1) is 0 Å². The predicted molar refractivity (Wildman–Crippen MR) is 253 cm³/mol. The lowest BCUT2D eigenvalue weighted by Gasteiger charge is -2.35. The van der Waals surface area contributed by atoms with Crippen LogP contribution >= 0.6 is 0 Å². The van der Waals surface area contributed by atoms with Crippen molar-refractivity contribution in [3.63, 3.8) is 0 Å². The van der Waals surface area contributed by atoms with E-state index in [1.807, 2.05) is 44.4 Å². The zero-order valence-electron chi connectivity index (χ0n) is 38.8. The summed E-state index contributed by atoms with van der Waals surface area (Å²) in [5.41, 5.74) is 11.3. The number of nitrogens with zero attached hydrogens (tertiary/aromatic N) is 8. The molecule has 0 saturated carbocycles. The van der Waals surface area contributed by atoms with E-state index in [2.05, 4.69) is 44.8 Å². The Labute approximate surface area is 388 Å². The molecule has 6 heterocycles. The van der Waals surface area contributed by atoms with Crippen molar-refractivity contribution < 1.29 is 33.4 Å². The van der Waals surface area contributed by atoms with Gasteiger partial charge in [-0.1, -0.05) is 19.1 Å². The number of aromatic nitrogens is 7. The molecule has 0 spiro atoms. The van der Waals surface area contributed by atoms with Crippen molar-refractivity contribution >= 4 is 57.6 Å². The average Bonchev–Trinajstić information content (AvgIpc) is 3.97. The number of pyridine rings is 1. The minimum absolute atomic E-state index is 0.155. The molecule has 0 bridgehead atoms. The lowest BCUT2D eigenvalue weighted by Crippen LogP contribution is -2.46. The molecule has 2 atom stereocenters. The van der Waals surface area contributed by atoms with E-state index in [0.29, 0.717) is 87.7 Å². The lowest BCUT2D eigenvalue weighted by molar-refractivity contribution is -0.0680. The van der Waals surface area contributed by atoms with Gasteiger partial charge in [-0.2, -0.15) is 5.10 Å². The van der Waals surface area contributed by atoms with Crippen molar-refractivity contribution in [3.8, 4) is 11.5 Å². The first-order valence-corrected chi connectivity index (χ1v) is 22.9. The summed E-state index contributed by atoms with van der Waals surface area (Å²) in [5, 5.41) is 13.5. The molecule has 5 N–H and O–H groups in total. The van der Waals surface area contributed by atoms with Crippen LogP contribution < -0.4 is 31.2 Å². The van der Waals surface area contributed by atoms with Crippen molar-refractivity contribution in [2.75, 3.05) is 50.0 Å². The number of morpholine rings is 1. The molecule has 0 aliphatic carbocycles. The first-order chi connectivity index (χ1) is 32.3. The number of nitrogens with one attached hydrogen (secondary N) is 3. The van der Waals surface area contributed by atoms with E-state index in [-0.39, 0.29) is 67.8 Å². The third-order valence-corrected chi connectivity index (χ3v) is 11.8. The maximum absolute atomic E-state index is 13.9. The zero-order chi connectivity index (χ0) is 47.4. The third-order valence-electron chi connectivity index (χ3n) is 11.8. The number of allylic oxidation sites excluding steroid dienone is 2. The van der Waals surface area contributed by atoms with Gasteiger partial charge in [0.15, 0.2) is 0 Å². The van der Waals surface area contributed by atoms with Gasteiger partial charge in [-0.25, -0.2) is 9.97 Å². The van der Waals surface area contributed by atoms with Gasteiger partial charge >= 0.3 is 0 Å². The van der Waals surface area contributed by atoms with Crippen LogP contribution in [0.5, 0.6) is 11.5 Å². The standard InChI is InChI=1S/C48H58N12O7/c1-7-32-25-51-28(3)19-35(32)45(63)54-47-52-36-21-33(43(49)61)23-39-41(36)58(47)15-9-10-16-59-42-37(53-48(59)55-46(64)38-20-29(4)56-60(38)8-2)22-34(24-40(42)66-18-12-17-65-39)44(62)50-13-11-14-57-26-30(5)67-31(6)27-57/h9-10,19-25,30-31H,7-8,11-18,26-27H2,1-6H3,(H2,49,61)(H,50,62)(H,52,54,63)(H,53,55,64)/b10-9+/t30-,31?/m1/s1. The highest BCUT2D eigenvalue weighted by atomic mass is 16.5. The van der Waals surface area contributed by atoms with Crippen LogP contribution in [0.15, 0.2) is 54.7 Å². The molecule has 1 fully saturated rings. The highest BCUT2D eigenvalue weighted by Crippen LogP contribution is 2.34. The summed E-state index contributed by atoms with van der Waals surface area (Å²) in [6.45, 7) is 15.9. The number of ether oxygens (including phenoxy) is 3. The molecule has 67 heavy (non-hydrogen) atoms. The normalized spacial score (nSPS) is 17.2. The monoisotopic (exact) mass is 914 g/mol. The summed E-state index contributed by atoms with van der Waals surface area (Å²) < 4.78 is 24.0. The summed E-state index contributed by atoms with van der Waals surface area (Å²) in [5.74, 6) is -0.528. The number of anilines is 2. The van der Waals surface area contributed by atoms with Crippen molar-refractivity contribution in [2.45, 2.75) is 92.6 Å². The van der Waals surface area contributed by atoms with Crippen LogP contribution in [0.4, 0.5) is 11.9 Å². The molecule has 4 amide bonds. The minimum Gasteiger partial charge on any atom is -0.491 e. The van der Waals surface area contributed by atoms with Gasteiger partial charge in [-0.3, -0.25) is 44.4 Å². The second-order valence-corrected chi connectivity index (χ2v) is 17.0. The van der Waals surface area contributed by atoms with Crippen molar-refractivity contribution in [3.05, 3.63) is 94.1 Å². The summed E-state index contributed by atoms with van der Waals surface area (Å²) in [6.07, 6.45) is 7.53. The third kappa shape index (κ3) is 10.3. The number of amides is 4. The number of nitrogens with two attached hydrogens (primary N) is 1.